The van der Waals surface area contributed by atoms with E-state index in [9.17, 15) is 4.79 Å². The number of amides is 2. The topological polar surface area (TPSA) is 50.4 Å². The van der Waals surface area contributed by atoms with E-state index in [1.54, 1.807) is 11.2 Å². The van der Waals surface area contributed by atoms with E-state index in [2.05, 4.69) is 40.3 Å². The maximum atomic E-state index is 13.2. The van der Waals surface area contributed by atoms with Gasteiger partial charge in [-0.2, -0.15) is 0 Å². The van der Waals surface area contributed by atoms with Crippen molar-refractivity contribution in [2.75, 3.05) is 5.32 Å². The summed E-state index contributed by atoms with van der Waals surface area (Å²) in [7, 11) is 0. The van der Waals surface area contributed by atoms with Gasteiger partial charge in [0.15, 0.2) is 0 Å². The molecular weight excluding hydrogens is 386 g/mol. The summed E-state index contributed by atoms with van der Waals surface area (Å²) in [6, 6.07) is 24.0. The molecule has 31 heavy (non-hydrogen) atoms. The Balaban J connectivity index is 1.54. The Morgan fingerprint density at radius 3 is 2.55 bits per heavy atom. The van der Waals surface area contributed by atoms with Crippen molar-refractivity contribution in [3.05, 3.63) is 113 Å². The Morgan fingerprint density at radius 1 is 0.968 bits per heavy atom. The second-order valence-corrected chi connectivity index (χ2v) is 7.80. The number of carbonyl (C=O) groups is 1. The van der Waals surface area contributed by atoms with Gasteiger partial charge in [-0.05, 0) is 55.3 Å². The number of nitrogens with zero attached hydrogens (tertiary/aromatic N) is 2. The number of rotatable bonds is 7. The second-order valence-electron chi connectivity index (χ2n) is 7.80. The van der Waals surface area contributed by atoms with Crippen LogP contribution >= 0.6 is 0 Å². The second kappa shape index (κ2) is 9.39. The first-order chi connectivity index (χ1) is 15.1. The molecule has 0 spiro atoms. The molecule has 5 heteroatoms. The Morgan fingerprint density at radius 2 is 1.81 bits per heavy atom. The molecule has 2 amide bonds. The molecule has 0 atom stereocenters. The van der Waals surface area contributed by atoms with Gasteiger partial charge < -0.3 is 19.2 Å². The molecule has 0 saturated heterocycles. The number of nitrogens with one attached hydrogen (secondary N) is 1. The highest BCUT2D eigenvalue weighted by Crippen LogP contribution is 2.19. The van der Waals surface area contributed by atoms with E-state index in [1.165, 1.54) is 11.1 Å². The molecule has 0 radical (unpaired) electrons. The Hall–Kier alpha value is -3.73. The largest absolute Gasteiger partial charge is 0.467 e. The maximum Gasteiger partial charge on any atom is 0.322 e. The summed E-state index contributed by atoms with van der Waals surface area (Å²) in [5, 5.41) is 3.07. The van der Waals surface area contributed by atoms with Crippen LogP contribution in [0.25, 0.3) is 0 Å². The highest BCUT2D eigenvalue weighted by Gasteiger charge is 2.18. The molecule has 0 bridgehead atoms. The predicted octanol–water partition coefficient (Wildman–Crippen LogP) is 5.98. The fraction of sp³-hybridized carbons (Fsp3) is 0.192. The monoisotopic (exact) mass is 413 g/mol. The van der Waals surface area contributed by atoms with Crippen molar-refractivity contribution < 1.29 is 9.21 Å². The number of urea groups is 1. The summed E-state index contributed by atoms with van der Waals surface area (Å²) in [6.07, 6.45) is 3.68. The van der Waals surface area contributed by atoms with Gasteiger partial charge in [-0.1, -0.05) is 48.0 Å². The molecule has 158 valence electrons. The molecule has 1 N–H and O–H groups in total. The fourth-order valence-electron chi connectivity index (χ4n) is 3.66. The minimum atomic E-state index is -0.157. The molecule has 0 aliphatic rings. The van der Waals surface area contributed by atoms with Crippen molar-refractivity contribution in [2.45, 2.75) is 33.5 Å². The van der Waals surface area contributed by atoms with Gasteiger partial charge in [0, 0.05) is 24.1 Å². The van der Waals surface area contributed by atoms with Gasteiger partial charge in [-0.3, -0.25) is 0 Å². The van der Waals surface area contributed by atoms with E-state index in [-0.39, 0.29) is 6.03 Å². The van der Waals surface area contributed by atoms with E-state index >= 15 is 0 Å². The van der Waals surface area contributed by atoms with Crippen LogP contribution in [-0.2, 0) is 19.6 Å². The zero-order valence-corrected chi connectivity index (χ0v) is 17.9. The van der Waals surface area contributed by atoms with Crippen molar-refractivity contribution in [2.24, 2.45) is 0 Å². The average molecular weight is 414 g/mol. The number of furan rings is 1. The Kier molecular flexibility index (Phi) is 6.22. The average Bonchev–Trinajstić information content (AvgIpc) is 3.43. The van der Waals surface area contributed by atoms with Crippen LogP contribution in [-0.4, -0.2) is 15.5 Å². The minimum Gasteiger partial charge on any atom is -0.467 e. The van der Waals surface area contributed by atoms with Crippen LogP contribution < -0.4 is 5.32 Å². The molecule has 4 rings (SSSR count). The van der Waals surface area contributed by atoms with Gasteiger partial charge in [0.2, 0.25) is 0 Å². The first kappa shape index (κ1) is 20.5. The summed E-state index contributed by atoms with van der Waals surface area (Å²) >= 11 is 0. The zero-order valence-electron chi connectivity index (χ0n) is 17.9. The molecule has 4 aromatic rings. The van der Waals surface area contributed by atoms with Gasteiger partial charge in [0.1, 0.15) is 5.76 Å². The highest BCUT2D eigenvalue weighted by molar-refractivity contribution is 5.90. The fourth-order valence-corrected chi connectivity index (χ4v) is 3.66. The summed E-state index contributed by atoms with van der Waals surface area (Å²) in [6.45, 7) is 5.67. The lowest BCUT2D eigenvalue weighted by Gasteiger charge is -2.24. The number of carbonyl (C=O) groups excluding carboxylic acids is 1. The van der Waals surface area contributed by atoms with E-state index in [4.69, 9.17) is 4.42 Å². The number of anilines is 1. The van der Waals surface area contributed by atoms with Crippen LogP contribution in [0.4, 0.5) is 10.5 Å². The number of benzene rings is 2. The summed E-state index contributed by atoms with van der Waals surface area (Å²) in [5.74, 6) is 0.747. The van der Waals surface area contributed by atoms with Crippen LogP contribution in [0, 0.1) is 13.8 Å². The summed E-state index contributed by atoms with van der Waals surface area (Å²) in [5.41, 5.74) is 5.31. The molecule has 5 nitrogen and oxygen atoms in total. The third-order valence-electron chi connectivity index (χ3n) is 5.31. The number of hydrogen-bond donors (Lipinski definition) is 1. The first-order valence-electron chi connectivity index (χ1n) is 10.4. The van der Waals surface area contributed by atoms with Gasteiger partial charge in [-0.15, -0.1) is 0 Å². The third kappa shape index (κ3) is 5.25. The number of aryl methyl sites for hydroxylation is 2. The molecule has 0 unspecified atom stereocenters. The van der Waals surface area contributed by atoms with E-state index in [0.717, 1.165) is 29.2 Å². The molecular formula is C26H27N3O2. The van der Waals surface area contributed by atoms with Gasteiger partial charge in [-0.25, -0.2) is 4.79 Å². The van der Waals surface area contributed by atoms with Crippen LogP contribution in [0.15, 0.2) is 89.7 Å². The van der Waals surface area contributed by atoms with Crippen LogP contribution in [0.1, 0.15) is 28.1 Å². The predicted molar refractivity (Wildman–Crippen MR) is 123 cm³/mol. The molecule has 2 aromatic heterocycles. The minimum absolute atomic E-state index is 0.157. The molecule has 0 aliphatic heterocycles. The molecule has 0 aliphatic carbocycles. The lowest BCUT2D eigenvalue weighted by Crippen LogP contribution is -2.34. The molecule has 0 fully saturated rings. The van der Waals surface area contributed by atoms with Crippen molar-refractivity contribution in [3.63, 3.8) is 0 Å². The van der Waals surface area contributed by atoms with Gasteiger partial charge >= 0.3 is 6.03 Å². The highest BCUT2D eigenvalue weighted by atomic mass is 16.3. The summed E-state index contributed by atoms with van der Waals surface area (Å²) in [4.78, 5) is 15.0. The van der Waals surface area contributed by atoms with Gasteiger partial charge in [0.25, 0.3) is 0 Å². The summed E-state index contributed by atoms with van der Waals surface area (Å²) < 4.78 is 7.70. The van der Waals surface area contributed by atoms with E-state index in [0.29, 0.717) is 13.1 Å². The van der Waals surface area contributed by atoms with Crippen molar-refractivity contribution in [3.8, 4) is 0 Å². The normalized spacial score (nSPS) is 10.8. The quantitative estimate of drug-likeness (QED) is 0.405. The Labute approximate surface area is 182 Å². The lowest BCUT2D eigenvalue weighted by atomic mass is 10.1. The first-order valence-corrected chi connectivity index (χ1v) is 10.4. The van der Waals surface area contributed by atoms with E-state index in [1.807, 2.05) is 62.4 Å². The zero-order chi connectivity index (χ0) is 21.6. The molecule has 2 heterocycles. The molecule has 2 aromatic carbocycles. The number of aromatic nitrogens is 1. The lowest BCUT2D eigenvalue weighted by molar-refractivity contribution is 0.199. The molecule has 0 saturated carbocycles. The van der Waals surface area contributed by atoms with Gasteiger partial charge in [0.05, 0.1) is 19.4 Å². The number of hydrogen-bond acceptors (Lipinski definition) is 2. The third-order valence-corrected chi connectivity index (χ3v) is 5.31. The van der Waals surface area contributed by atoms with Crippen molar-refractivity contribution in [1.82, 2.24) is 9.47 Å². The van der Waals surface area contributed by atoms with Crippen molar-refractivity contribution >= 4 is 11.7 Å². The van der Waals surface area contributed by atoms with Crippen molar-refractivity contribution in [1.29, 1.82) is 0 Å². The van der Waals surface area contributed by atoms with E-state index < -0.39 is 0 Å². The van der Waals surface area contributed by atoms with Crippen LogP contribution in [0.5, 0.6) is 0 Å². The Bertz CT molecular complexity index is 1130. The maximum absolute atomic E-state index is 13.2. The van der Waals surface area contributed by atoms with Crippen LogP contribution in [0.2, 0.25) is 0 Å². The smallest absolute Gasteiger partial charge is 0.322 e. The SMILES string of the molecule is Cc1ccc(NC(=O)N(Cc2ccco2)Cc2cccn2Cc2ccccc2)c(C)c1. The van der Waals surface area contributed by atoms with Crippen LogP contribution in [0.3, 0.4) is 0 Å². The standard InChI is InChI=1S/C26H27N3O2/c1-20-12-13-25(21(2)16-20)27-26(30)29(19-24-11-7-15-31-24)18-23-10-6-14-28(23)17-22-8-4-3-5-9-22/h3-16H,17-19H2,1-2H3,(H,27,30).